The molecule has 0 radical (unpaired) electrons. The summed E-state index contributed by atoms with van der Waals surface area (Å²) in [6, 6.07) is 0.669. The van der Waals surface area contributed by atoms with Gasteiger partial charge >= 0.3 is 5.97 Å². The minimum absolute atomic E-state index is 0.296. The standard InChI is InChI=1S/C10H19NO2S/c1-11(6-2-5-10(12)13)9-4-3-7-14-8-9/h9H,2-8H2,1H3,(H,12,13). The zero-order chi connectivity index (χ0) is 10.4. The molecule has 0 amide bonds. The molecule has 0 bridgehead atoms. The highest BCUT2D eigenvalue weighted by Gasteiger charge is 2.17. The van der Waals surface area contributed by atoms with Crippen LogP contribution in [-0.2, 0) is 4.79 Å². The lowest BCUT2D eigenvalue weighted by atomic mass is 10.1. The van der Waals surface area contributed by atoms with Gasteiger partial charge in [-0.05, 0) is 38.6 Å². The Morgan fingerprint density at radius 2 is 2.43 bits per heavy atom. The molecule has 1 saturated heterocycles. The molecule has 14 heavy (non-hydrogen) atoms. The van der Waals surface area contributed by atoms with Crippen LogP contribution >= 0.6 is 11.8 Å². The molecule has 0 aromatic rings. The Morgan fingerprint density at radius 3 is 3.00 bits per heavy atom. The highest BCUT2D eigenvalue weighted by Crippen LogP contribution is 2.20. The van der Waals surface area contributed by atoms with Gasteiger partial charge in [0.15, 0.2) is 0 Å². The zero-order valence-corrected chi connectivity index (χ0v) is 9.55. The third-order valence-corrected chi connectivity index (χ3v) is 3.86. The Labute approximate surface area is 89.9 Å². The fraction of sp³-hybridized carbons (Fsp3) is 0.900. The van der Waals surface area contributed by atoms with E-state index in [-0.39, 0.29) is 0 Å². The van der Waals surface area contributed by atoms with Crippen LogP contribution in [-0.4, -0.2) is 47.1 Å². The van der Waals surface area contributed by atoms with Crippen LogP contribution in [0.1, 0.15) is 25.7 Å². The van der Waals surface area contributed by atoms with Crippen molar-refractivity contribution in [1.29, 1.82) is 0 Å². The van der Waals surface area contributed by atoms with E-state index in [2.05, 4.69) is 11.9 Å². The molecule has 1 heterocycles. The number of nitrogens with zero attached hydrogens (tertiary/aromatic N) is 1. The van der Waals surface area contributed by atoms with Gasteiger partial charge < -0.3 is 10.0 Å². The van der Waals surface area contributed by atoms with Gasteiger partial charge in [0.2, 0.25) is 0 Å². The van der Waals surface area contributed by atoms with Gasteiger partial charge in [-0.3, -0.25) is 4.79 Å². The van der Waals surface area contributed by atoms with Gasteiger partial charge in [-0.25, -0.2) is 0 Å². The smallest absolute Gasteiger partial charge is 0.303 e. The molecule has 0 aromatic carbocycles. The van der Waals surface area contributed by atoms with Crippen LogP contribution in [0, 0.1) is 0 Å². The topological polar surface area (TPSA) is 40.5 Å². The maximum atomic E-state index is 10.3. The third-order valence-electron chi connectivity index (χ3n) is 2.66. The number of hydrogen-bond acceptors (Lipinski definition) is 3. The highest BCUT2D eigenvalue weighted by atomic mass is 32.2. The predicted octanol–water partition coefficient (Wildman–Crippen LogP) is 1.68. The van der Waals surface area contributed by atoms with Crippen molar-refractivity contribution in [2.45, 2.75) is 31.7 Å². The summed E-state index contributed by atoms with van der Waals surface area (Å²) < 4.78 is 0. The monoisotopic (exact) mass is 217 g/mol. The Kier molecular flexibility index (Phi) is 5.33. The molecule has 1 unspecified atom stereocenters. The molecule has 4 heteroatoms. The van der Waals surface area contributed by atoms with Crippen molar-refractivity contribution in [3.05, 3.63) is 0 Å². The number of carboxylic acids is 1. The molecular weight excluding hydrogens is 198 g/mol. The van der Waals surface area contributed by atoms with Crippen LogP contribution in [0.25, 0.3) is 0 Å². The quantitative estimate of drug-likeness (QED) is 0.760. The molecule has 0 spiro atoms. The van der Waals surface area contributed by atoms with Gasteiger partial charge in [-0.15, -0.1) is 0 Å². The fourth-order valence-electron chi connectivity index (χ4n) is 1.73. The van der Waals surface area contributed by atoms with Crippen LogP contribution in [0.2, 0.25) is 0 Å². The average molecular weight is 217 g/mol. The molecule has 1 rings (SSSR count). The predicted molar refractivity (Wildman–Crippen MR) is 59.8 cm³/mol. The molecule has 1 N–H and O–H groups in total. The summed E-state index contributed by atoms with van der Waals surface area (Å²) in [5, 5.41) is 8.51. The third kappa shape index (κ3) is 4.33. The van der Waals surface area contributed by atoms with Crippen LogP contribution in [0.4, 0.5) is 0 Å². The second-order valence-corrected chi connectivity index (χ2v) is 5.00. The van der Waals surface area contributed by atoms with Crippen LogP contribution in [0.3, 0.4) is 0 Å². The lowest BCUT2D eigenvalue weighted by molar-refractivity contribution is -0.137. The molecule has 1 fully saturated rings. The molecule has 1 aliphatic rings. The van der Waals surface area contributed by atoms with Crippen LogP contribution in [0.5, 0.6) is 0 Å². The number of hydrogen-bond donors (Lipinski definition) is 1. The van der Waals surface area contributed by atoms with Gasteiger partial charge in [-0.2, -0.15) is 11.8 Å². The summed E-state index contributed by atoms with van der Waals surface area (Å²) in [7, 11) is 2.11. The Bertz CT molecular complexity index is 181. The fourth-order valence-corrected chi connectivity index (χ4v) is 2.96. The summed E-state index contributed by atoms with van der Waals surface area (Å²) in [6.45, 7) is 0.914. The molecule has 3 nitrogen and oxygen atoms in total. The second-order valence-electron chi connectivity index (χ2n) is 3.85. The summed E-state index contributed by atoms with van der Waals surface area (Å²) >= 11 is 2.01. The Hall–Kier alpha value is -0.220. The van der Waals surface area contributed by atoms with E-state index in [1.165, 1.54) is 24.3 Å². The molecule has 0 aliphatic carbocycles. The summed E-state index contributed by atoms with van der Waals surface area (Å²) in [4.78, 5) is 12.6. The minimum atomic E-state index is -0.684. The summed E-state index contributed by atoms with van der Waals surface area (Å²) in [5.41, 5.74) is 0. The number of aliphatic carboxylic acids is 1. The van der Waals surface area contributed by atoms with Gasteiger partial charge in [0.1, 0.15) is 0 Å². The van der Waals surface area contributed by atoms with E-state index < -0.39 is 5.97 Å². The number of carbonyl (C=O) groups is 1. The van der Waals surface area contributed by atoms with Gasteiger partial charge in [-0.1, -0.05) is 0 Å². The first-order valence-electron chi connectivity index (χ1n) is 5.20. The van der Waals surface area contributed by atoms with Gasteiger partial charge in [0, 0.05) is 18.2 Å². The van der Waals surface area contributed by atoms with E-state index in [1.807, 2.05) is 11.8 Å². The van der Waals surface area contributed by atoms with E-state index in [9.17, 15) is 4.79 Å². The van der Waals surface area contributed by atoms with Crippen molar-refractivity contribution in [2.75, 3.05) is 25.1 Å². The van der Waals surface area contributed by atoms with E-state index >= 15 is 0 Å². The van der Waals surface area contributed by atoms with E-state index in [4.69, 9.17) is 5.11 Å². The first-order valence-corrected chi connectivity index (χ1v) is 6.35. The summed E-state index contributed by atoms with van der Waals surface area (Å²) in [6.07, 6.45) is 3.65. The van der Waals surface area contributed by atoms with E-state index in [1.54, 1.807) is 0 Å². The lowest BCUT2D eigenvalue weighted by Crippen LogP contribution is -2.36. The van der Waals surface area contributed by atoms with Crippen molar-refractivity contribution < 1.29 is 9.90 Å². The van der Waals surface area contributed by atoms with Crippen molar-refractivity contribution in [1.82, 2.24) is 4.90 Å². The maximum Gasteiger partial charge on any atom is 0.303 e. The minimum Gasteiger partial charge on any atom is -0.481 e. The first kappa shape index (κ1) is 11.9. The van der Waals surface area contributed by atoms with E-state index in [0.29, 0.717) is 12.5 Å². The Morgan fingerprint density at radius 1 is 1.64 bits per heavy atom. The first-order chi connectivity index (χ1) is 6.70. The SMILES string of the molecule is CN(CCCC(=O)O)C1CCCSC1. The van der Waals surface area contributed by atoms with Crippen LogP contribution in [0.15, 0.2) is 0 Å². The normalized spacial score (nSPS) is 22.6. The second kappa shape index (κ2) is 6.30. The number of rotatable bonds is 5. The molecular formula is C10H19NO2S. The molecule has 82 valence electrons. The van der Waals surface area contributed by atoms with Crippen LogP contribution < -0.4 is 0 Å². The van der Waals surface area contributed by atoms with Crippen molar-refractivity contribution in [3.63, 3.8) is 0 Å². The Balaban J connectivity index is 2.13. The molecule has 1 aliphatic heterocycles. The molecule has 0 aromatic heterocycles. The average Bonchev–Trinajstić information content (AvgIpc) is 2.18. The largest absolute Gasteiger partial charge is 0.481 e. The number of carboxylic acid groups (broad SMARTS) is 1. The van der Waals surface area contributed by atoms with Crippen molar-refractivity contribution >= 4 is 17.7 Å². The zero-order valence-electron chi connectivity index (χ0n) is 8.74. The summed E-state index contributed by atoms with van der Waals surface area (Å²) in [5.74, 6) is 1.82. The van der Waals surface area contributed by atoms with Gasteiger partial charge in [0.25, 0.3) is 0 Å². The molecule has 0 saturated carbocycles. The maximum absolute atomic E-state index is 10.3. The van der Waals surface area contributed by atoms with Crippen molar-refractivity contribution in [3.8, 4) is 0 Å². The highest BCUT2D eigenvalue weighted by molar-refractivity contribution is 7.99. The van der Waals surface area contributed by atoms with E-state index in [0.717, 1.165) is 13.0 Å². The number of thioether (sulfide) groups is 1. The molecule has 1 atom stereocenters. The van der Waals surface area contributed by atoms with Gasteiger partial charge in [0.05, 0.1) is 0 Å². The lowest BCUT2D eigenvalue weighted by Gasteiger charge is -2.30. The van der Waals surface area contributed by atoms with Crippen molar-refractivity contribution in [2.24, 2.45) is 0 Å².